The lowest BCUT2D eigenvalue weighted by molar-refractivity contribution is 0.558. The van der Waals surface area contributed by atoms with Gasteiger partial charge in [0.15, 0.2) is 0 Å². The van der Waals surface area contributed by atoms with Crippen LogP contribution >= 0.6 is 43.2 Å². The zero-order valence-corrected chi connectivity index (χ0v) is 14.3. The highest BCUT2D eigenvalue weighted by molar-refractivity contribution is 9.11. The summed E-state index contributed by atoms with van der Waals surface area (Å²) in [5.74, 6) is 0. The van der Waals surface area contributed by atoms with E-state index in [9.17, 15) is 0 Å². The molecule has 0 bridgehead atoms. The lowest BCUT2D eigenvalue weighted by Gasteiger charge is -2.18. The first-order chi connectivity index (χ1) is 8.63. The summed E-state index contributed by atoms with van der Waals surface area (Å²) in [7, 11) is 1.98. The standard InChI is InChI=1S/C12H15Br2N3S/c1-3-6-15-11(9-4-5-10(14)18-9)12-8(13)7-16-17(12)2/h4-5,7,11,15H,3,6H2,1-2H3. The Morgan fingerprint density at radius 3 is 2.72 bits per heavy atom. The van der Waals surface area contributed by atoms with Crippen LogP contribution in [0.3, 0.4) is 0 Å². The van der Waals surface area contributed by atoms with Crippen LogP contribution in [0.5, 0.6) is 0 Å². The molecule has 0 radical (unpaired) electrons. The molecule has 2 heterocycles. The minimum Gasteiger partial charge on any atom is -0.304 e. The number of nitrogens with zero attached hydrogens (tertiary/aromatic N) is 2. The van der Waals surface area contributed by atoms with Gasteiger partial charge >= 0.3 is 0 Å². The number of hydrogen-bond donors (Lipinski definition) is 1. The van der Waals surface area contributed by atoms with Gasteiger partial charge in [-0.1, -0.05) is 6.92 Å². The monoisotopic (exact) mass is 391 g/mol. The van der Waals surface area contributed by atoms with E-state index in [2.05, 4.69) is 61.3 Å². The zero-order chi connectivity index (χ0) is 13.1. The lowest BCUT2D eigenvalue weighted by Crippen LogP contribution is -2.24. The Labute approximate surface area is 128 Å². The predicted molar refractivity (Wildman–Crippen MR) is 83.1 cm³/mol. The van der Waals surface area contributed by atoms with Gasteiger partial charge < -0.3 is 5.32 Å². The second-order valence-electron chi connectivity index (χ2n) is 4.03. The van der Waals surface area contributed by atoms with Gasteiger partial charge in [-0.25, -0.2) is 0 Å². The van der Waals surface area contributed by atoms with Crippen LogP contribution in [0.2, 0.25) is 0 Å². The molecular formula is C12H15Br2N3S. The molecular weight excluding hydrogens is 378 g/mol. The van der Waals surface area contributed by atoms with Crippen molar-refractivity contribution in [2.24, 2.45) is 7.05 Å². The molecule has 0 spiro atoms. The molecule has 18 heavy (non-hydrogen) atoms. The van der Waals surface area contributed by atoms with Crippen LogP contribution in [0.25, 0.3) is 0 Å². The van der Waals surface area contributed by atoms with E-state index < -0.39 is 0 Å². The molecule has 3 nitrogen and oxygen atoms in total. The van der Waals surface area contributed by atoms with E-state index in [-0.39, 0.29) is 6.04 Å². The van der Waals surface area contributed by atoms with Crippen molar-refractivity contribution in [2.45, 2.75) is 19.4 Å². The van der Waals surface area contributed by atoms with Gasteiger partial charge in [0.1, 0.15) is 0 Å². The van der Waals surface area contributed by atoms with Crippen LogP contribution in [-0.4, -0.2) is 16.3 Å². The fraction of sp³-hybridized carbons (Fsp3) is 0.417. The summed E-state index contributed by atoms with van der Waals surface area (Å²) in [5, 5.41) is 7.88. The molecule has 1 unspecified atom stereocenters. The van der Waals surface area contributed by atoms with Crippen LogP contribution in [0.15, 0.2) is 26.6 Å². The van der Waals surface area contributed by atoms with E-state index in [0.29, 0.717) is 0 Å². The average Bonchev–Trinajstić information content (AvgIpc) is 2.90. The molecule has 2 aromatic rings. The van der Waals surface area contributed by atoms with Gasteiger partial charge in [0.05, 0.1) is 26.2 Å². The molecule has 0 saturated carbocycles. The van der Waals surface area contributed by atoms with E-state index in [4.69, 9.17) is 0 Å². The molecule has 6 heteroatoms. The van der Waals surface area contributed by atoms with E-state index in [1.54, 1.807) is 11.3 Å². The quantitative estimate of drug-likeness (QED) is 0.830. The number of halogens is 2. The van der Waals surface area contributed by atoms with Gasteiger partial charge in [0.25, 0.3) is 0 Å². The third kappa shape index (κ3) is 3.04. The number of thiophene rings is 1. The first-order valence-electron chi connectivity index (χ1n) is 5.79. The van der Waals surface area contributed by atoms with Crippen LogP contribution in [0, 0.1) is 0 Å². The molecule has 0 aliphatic rings. The van der Waals surface area contributed by atoms with E-state index in [1.807, 2.05) is 17.9 Å². The Morgan fingerprint density at radius 1 is 1.44 bits per heavy atom. The maximum absolute atomic E-state index is 4.30. The normalized spacial score (nSPS) is 12.9. The Morgan fingerprint density at radius 2 is 2.22 bits per heavy atom. The van der Waals surface area contributed by atoms with Crippen molar-refractivity contribution in [1.29, 1.82) is 0 Å². The first kappa shape index (κ1) is 14.2. The zero-order valence-electron chi connectivity index (χ0n) is 10.3. The van der Waals surface area contributed by atoms with Gasteiger partial charge in [-0.15, -0.1) is 11.3 Å². The SMILES string of the molecule is CCCNC(c1ccc(Br)s1)c1c(Br)cnn1C. The maximum Gasteiger partial charge on any atom is 0.0853 e. The molecule has 0 aliphatic heterocycles. The summed E-state index contributed by atoms with van der Waals surface area (Å²) in [4.78, 5) is 1.29. The third-order valence-electron chi connectivity index (χ3n) is 2.69. The molecule has 2 aromatic heterocycles. The van der Waals surface area contributed by atoms with Crippen molar-refractivity contribution in [3.8, 4) is 0 Å². The summed E-state index contributed by atoms with van der Waals surface area (Å²) in [6, 6.07) is 4.43. The highest BCUT2D eigenvalue weighted by Crippen LogP contribution is 2.34. The van der Waals surface area contributed by atoms with Gasteiger partial charge in [0.2, 0.25) is 0 Å². The summed E-state index contributed by atoms with van der Waals surface area (Å²) in [5.41, 5.74) is 1.16. The number of aromatic nitrogens is 2. The number of aryl methyl sites for hydroxylation is 1. The number of nitrogens with one attached hydrogen (secondary N) is 1. The largest absolute Gasteiger partial charge is 0.304 e. The van der Waals surface area contributed by atoms with Gasteiger partial charge in [0, 0.05) is 11.9 Å². The van der Waals surface area contributed by atoms with Crippen LogP contribution < -0.4 is 5.32 Å². The van der Waals surface area contributed by atoms with Crippen molar-refractivity contribution in [3.63, 3.8) is 0 Å². The van der Waals surface area contributed by atoms with Crippen molar-refractivity contribution in [1.82, 2.24) is 15.1 Å². The van der Waals surface area contributed by atoms with Crippen molar-refractivity contribution < 1.29 is 0 Å². The second kappa shape index (κ2) is 6.32. The highest BCUT2D eigenvalue weighted by Gasteiger charge is 2.21. The first-order valence-corrected chi connectivity index (χ1v) is 8.19. The second-order valence-corrected chi connectivity index (χ2v) is 7.38. The average molecular weight is 393 g/mol. The number of hydrogen-bond acceptors (Lipinski definition) is 3. The number of rotatable bonds is 5. The molecule has 1 N–H and O–H groups in total. The third-order valence-corrected chi connectivity index (χ3v) is 4.99. The molecule has 98 valence electrons. The smallest absolute Gasteiger partial charge is 0.0853 e. The maximum atomic E-state index is 4.30. The predicted octanol–water partition coefficient (Wildman–Crippen LogP) is 4.10. The molecule has 1 atom stereocenters. The van der Waals surface area contributed by atoms with Gasteiger partial charge in [-0.05, 0) is 57.0 Å². The van der Waals surface area contributed by atoms with Crippen molar-refractivity contribution in [2.75, 3.05) is 6.54 Å². The van der Waals surface area contributed by atoms with Gasteiger partial charge in [-0.3, -0.25) is 4.68 Å². The van der Waals surface area contributed by atoms with E-state index in [1.165, 1.54) is 4.88 Å². The lowest BCUT2D eigenvalue weighted by atomic mass is 10.1. The summed E-state index contributed by atoms with van der Waals surface area (Å²) >= 11 is 8.86. The fourth-order valence-electron chi connectivity index (χ4n) is 1.85. The Kier molecular flexibility index (Phi) is 5.00. The van der Waals surface area contributed by atoms with E-state index in [0.717, 1.165) is 26.9 Å². The molecule has 0 fully saturated rings. The summed E-state index contributed by atoms with van der Waals surface area (Å²) < 4.78 is 4.12. The molecule has 0 saturated heterocycles. The fourth-order valence-corrected chi connectivity index (χ4v) is 3.93. The summed E-state index contributed by atoms with van der Waals surface area (Å²) in [6.45, 7) is 3.16. The molecule has 0 aromatic carbocycles. The Hall–Kier alpha value is -0.170. The minimum absolute atomic E-state index is 0.183. The Bertz CT molecular complexity index is 502. The topological polar surface area (TPSA) is 29.9 Å². The molecule has 0 aliphatic carbocycles. The summed E-state index contributed by atoms with van der Waals surface area (Å²) in [6.07, 6.45) is 2.96. The van der Waals surface area contributed by atoms with E-state index >= 15 is 0 Å². The van der Waals surface area contributed by atoms with Crippen LogP contribution in [-0.2, 0) is 7.05 Å². The molecule has 0 amide bonds. The molecule has 2 rings (SSSR count). The van der Waals surface area contributed by atoms with Gasteiger partial charge in [-0.2, -0.15) is 5.10 Å². The van der Waals surface area contributed by atoms with Crippen molar-refractivity contribution >= 4 is 43.2 Å². The highest BCUT2D eigenvalue weighted by atomic mass is 79.9. The Balaban J connectivity index is 2.36. The minimum atomic E-state index is 0.183. The van der Waals surface area contributed by atoms with Crippen molar-refractivity contribution in [3.05, 3.63) is 37.2 Å². The van der Waals surface area contributed by atoms with Crippen LogP contribution in [0.1, 0.15) is 30.0 Å². The van der Waals surface area contributed by atoms with Crippen LogP contribution in [0.4, 0.5) is 0 Å².